The molecule has 1 amide bonds. The van der Waals surface area contributed by atoms with Crippen molar-refractivity contribution in [3.05, 3.63) is 17.5 Å². The predicted octanol–water partition coefficient (Wildman–Crippen LogP) is 1.43. The van der Waals surface area contributed by atoms with Crippen molar-refractivity contribution in [3.8, 4) is 0 Å². The minimum absolute atomic E-state index is 0.0686. The fourth-order valence-corrected chi connectivity index (χ4v) is 2.63. The van der Waals surface area contributed by atoms with Crippen LogP contribution in [0.1, 0.15) is 53.5 Å². The number of aromatic nitrogens is 2. The van der Waals surface area contributed by atoms with E-state index in [0.29, 0.717) is 5.92 Å². The van der Waals surface area contributed by atoms with E-state index in [0.717, 1.165) is 19.3 Å². The Balaban J connectivity index is 2.14. The van der Waals surface area contributed by atoms with Crippen molar-refractivity contribution in [1.29, 1.82) is 0 Å². The second-order valence-electron chi connectivity index (χ2n) is 5.18. The normalized spacial score (nSPS) is 23.1. The Labute approximate surface area is 111 Å². The number of amides is 1. The number of carboxylic acid groups (broad SMARTS) is 1. The summed E-state index contributed by atoms with van der Waals surface area (Å²) >= 11 is 0. The lowest BCUT2D eigenvalue weighted by atomic mass is 9.86. The van der Waals surface area contributed by atoms with Gasteiger partial charge in [-0.05, 0) is 18.8 Å². The SMILES string of the molecule is CC1CCCCC1NC(=O)c1cnn(C)c1C(=O)O. The second-order valence-corrected chi connectivity index (χ2v) is 5.18. The van der Waals surface area contributed by atoms with Gasteiger partial charge in [-0.2, -0.15) is 5.10 Å². The Morgan fingerprint density at radius 3 is 2.74 bits per heavy atom. The maximum Gasteiger partial charge on any atom is 0.354 e. The van der Waals surface area contributed by atoms with Crippen molar-refractivity contribution < 1.29 is 14.7 Å². The van der Waals surface area contributed by atoms with Crippen molar-refractivity contribution in [2.75, 3.05) is 0 Å². The minimum Gasteiger partial charge on any atom is -0.477 e. The van der Waals surface area contributed by atoms with Gasteiger partial charge in [-0.3, -0.25) is 9.48 Å². The number of rotatable bonds is 3. The van der Waals surface area contributed by atoms with Crippen LogP contribution in [0.25, 0.3) is 0 Å². The molecule has 19 heavy (non-hydrogen) atoms. The molecule has 1 aromatic rings. The Hall–Kier alpha value is -1.85. The van der Waals surface area contributed by atoms with Gasteiger partial charge in [0, 0.05) is 13.1 Å². The Morgan fingerprint density at radius 1 is 1.42 bits per heavy atom. The molecule has 2 rings (SSSR count). The highest BCUT2D eigenvalue weighted by Gasteiger charge is 2.27. The number of carbonyl (C=O) groups is 2. The molecule has 0 bridgehead atoms. The van der Waals surface area contributed by atoms with E-state index < -0.39 is 5.97 Å². The molecule has 6 heteroatoms. The van der Waals surface area contributed by atoms with Crippen LogP contribution in [0, 0.1) is 5.92 Å². The maximum absolute atomic E-state index is 12.2. The van der Waals surface area contributed by atoms with Gasteiger partial charge >= 0.3 is 5.97 Å². The number of carboxylic acids is 1. The topological polar surface area (TPSA) is 84.2 Å². The van der Waals surface area contributed by atoms with Crippen molar-refractivity contribution in [2.45, 2.75) is 38.6 Å². The molecule has 2 atom stereocenters. The maximum atomic E-state index is 12.2. The van der Waals surface area contributed by atoms with E-state index in [1.165, 1.54) is 24.3 Å². The van der Waals surface area contributed by atoms with E-state index in [4.69, 9.17) is 5.11 Å². The fourth-order valence-electron chi connectivity index (χ4n) is 2.63. The molecule has 0 spiro atoms. The lowest BCUT2D eigenvalue weighted by Crippen LogP contribution is -2.41. The third-order valence-electron chi connectivity index (χ3n) is 3.81. The van der Waals surface area contributed by atoms with Gasteiger partial charge in [-0.15, -0.1) is 0 Å². The highest BCUT2D eigenvalue weighted by Crippen LogP contribution is 2.24. The van der Waals surface area contributed by atoms with Gasteiger partial charge in [0.1, 0.15) is 0 Å². The van der Waals surface area contributed by atoms with E-state index in [-0.39, 0.29) is 23.2 Å². The number of hydrogen-bond donors (Lipinski definition) is 2. The minimum atomic E-state index is -1.14. The lowest BCUT2D eigenvalue weighted by molar-refractivity contribution is 0.0678. The molecule has 1 aliphatic carbocycles. The van der Waals surface area contributed by atoms with Gasteiger partial charge in [0.15, 0.2) is 5.69 Å². The Bertz CT molecular complexity index is 495. The van der Waals surface area contributed by atoms with Gasteiger partial charge in [0.05, 0.1) is 11.8 Å². The molecule has 0 radical (unpaired) electrons. The monoisotopic (exact) mass is 265 g/mol. The second kappa shape index (κ2) is 5.42. The van der Waals surface area contributed by atoms with Gasteiger partial charge < -0.3 is 10.4 Å². The van der Waals surface area contributed by atoms with E-state index in [9.17, 15) is 9.59 Å². The molecule has 1 fully saturated rings. The molecule has 0 saturated heterocycles. The molecule has 6 nitrogen and oxygen atoms in total. The average molecular weight is 265 g/mol. The first-order valence-corrected chi connectivity index (χ1v) is 6.57. The number of aromatic carboxylic acids is 1. The van der Waals surface area contributed by atoms with E-state index >= 15 is 0 Å². The van der Waals surface area contributed by atoms with Crippen molar-refractivity contribution in [3.63, 3.8) is 0 Å². The summed E-state index contributed by atoms with van der Waals surface area (Å²) in [6.45, 7) is 2.12. The molecule has 1 aliphatic rings. The quantitative estimate of drug-likeness (QED) is 0.865. The van der Waals surface area contributed by atoms with Crippen molar-refractivity contribution in [1.82, 2.24) is 15.1 Å². The van der Waals surface area contributed by atoms with Crippen LogP contribution in [0.5, 0.6) is 0 Å². The summed E-state index contributed by atoms with van der Waals surface area (Å²) in [5, 5.41) is 15.9. The molecular formula is C13H19N3O3. The van der Waals surface area contributed by atoms with Crippen molar-refractivity contribution >= 4 is 11.9 Å². The highest BCUT2D eigenvalue weighted by atomic mass is 16.4. The summed E-state index contributed by atoms with van der Waals surface area (Å²) in [5.74, 6) is -1.05. The van der Waals surface area contributed by atoms with Gasteiger partial charge in [-0.1, -0.05) is 19.8 Å². The third-order valence-corrected chi connectivity index (χ3v) is 3.81. The molecule has 0 aromatic carbocycles. The van der Waals surface area contributed by atoms with Crippen LogP contribution >= 0.6 is 0 Å². The van der Waals surface area contributed by atoms with E-state index in [1.54, 1.807) is 0 Å². The summed E-state index contributed by atoms with van der Waals surface area (Å²) in [7, 11) is 1.52. The fraction of sp³-hybridized carbons (Fsp3) is 0.615. The lowest BCUT2D eigenvalue weighted by Gasteiger charge is -2.29. The zero-order valence-electron chi connectivity index (χ0n) is 11.2. The molecule has 1 heterocycles. The van der Waals surface area contributed by atoms with Crippen LogP contribution in [0.4, 0.5) is 0 Å². The number of nitrogens with one attached hydrogen (secondary N) is 1. The van der Waals surface area contributed by atoms with Crippen LogP contribution in [-0.4, -0.2) is 32.8 Å². The number of aryl methyl sites for hydroxylation is 1. The Morgan fingerprint density at radius 2 is 2.11 bits per heavy atom. The standard InChI is InChI=1S/C13H19N3O3/c1-8-5-3-4-6-10(8)15-12(17)9-7-14-16(2)11(9)13(18)19/h7-8,10H,3-6H2,1-2H3,(H,15,17)(H,18,19). The summed E-state index contributed by atoms with van der Waals surface area (Å²) in [6.07, 6.45) is 5.67. The van der Waals surface area contributed by atoms with E-state index in [2.05, 4.69) is 17.3 Å². The van der Waals surface area contributed by atoms with Crippen LogP contribution in [0.2, 0.25) is 0 Å². The molecule has 104 valence electrons. The molecule has 2 unspecified atom stereocenters. The Kier molecular flexibility index (Phi) is 3.87. The number of carbonyl (C=O) groups excluding carboxylic acids is 1. The predicted molar refractivity (Wildman–Crippen MR) is 69.1 cm³/mol. The summed E-state index contributed by atoms with van der Waals surface area (Å²) in [4.78, 5) is 23.3. The van der Waals surface area contributed by atoms with E-state index in [1.807, 2.05) is 0 Å². The summed E-state index contributed by atoms with van der Waals surface area (Å²) < 4.78 is 1.21. The number of hydrogen-bond acceptors (Lipinski definition) is 3. The van der Waals surface area contributed by atoms with Crippen LogP contribution in [0.3, 0.4) is 0 Å². The first kappa shape index (κ1) is 13.6. The third kappa shape index (κ3) is 2.77. The van der Waals surface area contributed by atoms with Crippen LogP contribution in [-0.2, 0) is 7.05 Å². The largest absolute Gasteiger partial charge is 0.477 e. The first-order valence-electron chi connectivity index (χ1n) is 6.57. The molecule has 1 saturated carbocycles. The molecule has 1 aromatic heterocycles. The van der Waals surface area contributed by atoms with Crippen molar-refractivity contribution in [2.24, 2.45) is 13.0 Å². The van der Waals surface area contributed by atoms with Gasteiger partial charge in [0.2, 0.25) is 0 Å². The zero-order chi connectivity index (χ0) is 14.0. The zero-order valence-corrected chi connectivity index (χ0v) is 11.2. The molecular weight excluding hydrogens is 246 g/mol. The first-order chi connectivity index (χ1) is 9.00. The molecule has 2 N–H and O–H groups in total. The average Bonchev–Trinajstić information content (AvgIpc) is 2.74. The van der Waals surface area contributed by atoms with Crippen LogP contribution < -0.4 is 5.32 Å². The number of nitrogens with zero attached hydrogens (tertiary/aromatic N) is 2. The summed E-state index contributed by atoms with van der Waals surface area (Å²) in [5.41, 5.74) is 0.0636. The van der Waals surface area contributed by atoms with Gasteiger partial charge in [-0.25, -0.2) is 4.79 Å². The summed E-state index contributed by atoms with van der Waals surface area (Å²) in [6, 6.07) is 0.128. The van der Waals surface area contributed by atoms with Gasteiger partial charge in [0.25, 0.3) is 5.91 Å². The molecule has 0 aliphatic heterocycles. The van der Waals surface area contributed by atoms with Crippen LogP contribution in [0.15, 0.2) is 6.20 Å². The highest BCUT2D eigenvalue weighted by molar-refractivity contribution is 6.03. The smallest absolute Gasteiger partial charge is 0.354 e.